The van der Waals surface area contributed by atoms with Gasteiger partial charge in [-0.15, -0.1) is 0 Å². The van der Waals surface area contributed by atoms with E-state index in [0.29, 0.717) is 0 Å². The van der Waals surface area contributed by atoms with Crippen LogP contribution < -0.4 is 10.1 Å². The summed E-state index contributed by atoms with van der Waals surface area (Å²) in [6, 6.07) is 12.2. The van der Waals surface area contributed by atoms with Crippen LogP contribution in [-0.4, -0.2) is 11.1 Å². The molecule has 22 heavy (non-hydrogen) atoms. The monoisotopic (exact) mass is 312 g/mol. The molecule has 0 amide bonds. The Hall–Kier alpha value is -2.07. The van der Waals surface area contributed by atoms with E-state index in [-0.39, 0.29) is 6.10 Å². The van der Waals surface area contributed by atoms with E-state index in [1.807, 2.05) is 44.2 Å². The van der Waals surface area contributed by atoms with Gasteiger partial charge in [0.25, 0.3) is 0 Å². The van der Waals surface area contributed by atoms with Crippen LogP contribution in [0, 0.1) is 13.8 Å². The number of aryl methyl sites for hydroxylation is 2. The number of aromatic nitrogens is 1. The summed E-state index contributed by atoms with van der Waals surface area (Å²) in [5, 5.41) is 4.29. The largest absolute Gasteiger partial charge is 0.491 e. The molecule has 3 rings (SSSR count). The summed E-state index contributed by atoms with van der Waals surface area (Å²) in [5.74, 6) is 0.954. The number of anilines is 2. The maximum atomic E-state index is 5.92. The van der Waals surface area contributed by atoms with Gasteiger partial charge in [0.1, 0.15) is 5.75 Å². The van der Waals surface area contributed by atoms with Crippen LogP contribution in [0.25, 0.3) is 10.2 Å². The van der Waals surface area contributed by atoms with Gasteiger partial charge in [-0.3, -0.25) is 0 Å². The fourth-order valence-electron chi connectivity index (χ4n) is 2.40. The highest BCUT2D eigenvalue weighted by molar-refractivity contribution is 7.22. The van der Waals surface area contributed by atoms with Gasteiger partial charge < -0.3 is 10.1 Å². The first-order chi connectivity index (χ1) is 10.5. The second-order valence-electron chi connectivity index (χ2n) is 5.67. The molecule has 3 aromatic rings. The maximum Gasteiger partial charge on any atom is 0.188 e. The van der Waals surface area contributed by atoms with Gasteiger partial charge in [0.15, 0.2) is 5.13 Å². The number of fused-ring (bicyclic) bond motifs is 1. The fourth-order valence-corrected chi connectivity index (χ4v) is 3.46. The van der Waals surface area contributed by atoms with Crippen LogP contribution in [0.15, 0.2) is 36.4 Å². The van der Waals surface area contributed by atoms with E-state index in [0.717, 1.165) is 33.2 Å². The van der Waals surface area contributed by atoms with Crippen molar-refractivity contribution in [3.63, 3.8) is 0 Å². The molecule has 0 saturated heterocycles. The third-order valence-corrected chi connectivity index (χ3v) is 4.54. The third-order valence-electron chi connectivity index (χ3n) is 3.45. The number of hydrogen-bond donors (Lipinski definition) is 1. The molecule has 0 spiro atoms. The lowest BCUT2D eigenvalue weighted by Crippen LogP contribution is -2.06. The lowest BCUT2D eigenvalue weighted by Gasteiger charge is -2.13. The van der Waals surface area contributed by atoms with Crippen molar-refractivity contribution in [2.45, 2.75) is 33.8 Å². The zero-order chi connectivity index (χ0) is 15.7. The highest BCUT2D eigenvalue weighted by Gasteiger charge is 2.14. The summed E-state index contributed by atoms with van der Waals surface area (Å²) in [4.78, 5) is 4.74. The molecule has 4 heteroatoms. The van der Waals surface area contributed by atoms with Gasteiger partial charge in [-0.2, -0.15) is 0 Å². The van der Waals surface area contributed by atoms with Crippen molar-refractivity contribution in [2.24, 2.45) is 0 Å². The molecule has 2 aromatic carbocycles. The van der Waals surface area contributed by atoms with Crippen molar-refractivity contribution in [3.05, 3.63) is 47.5 Å². The highest BCUT2D eigenvalue weighted by Crippen LogP contribution is 2.37. The summed E-state index contributed by atoms with van der Waals surface area (Å²) in [6.07, 6.45) is 0.172. The molecule has 0 aliphatic heterocycles. The summed E-state index contributed by atoms with van der Waals surface area (Å²) in [6.45, 7) is 8.28. The van der Waals surface area contributed by atoms with E-state index in [4.69, 9.17) is 9.72 Å². The average molecular weight is 312 g/mol. The number of hydrogen-bond acceptors (Lipinski definition) is 4. The van der Waals surface area contributed by atoms with E-state index in [2.05, 4.69) is 25.2 Å². The van der Waals surface area contributed by atoms with E-state index >= 15 is 0 Å². The topological polar surface area (TPSA) is 34.1 Å². The van der Waals surface area contributed by atoms with Crippen molar-refractivity contribution in [1.29, 1.82) is 0 Å². The Bertz CT molecular complexity index is 794. The molecule has 1 aromatic heterocycles. The van der Waals surface area contributed by atoms with E-state index in [1.165, 1.54) is 4.70 Å². The van der Waals surface area contributed by atoms with Crippen LogP contribution in [-0.2, 0) is 0 Å². The van der Waals surface area contributed by atoms with Gasteiger partial charge in [0, 0.05) is 11.3 Å². The Morgan fingerprint density at radius 2 is 1.86 bits per heavy atom. The Morgan fingerprint density at radius 1 is 1.14 bits per heavy atom. The average Bonchev–Trinajstić information content (AvgIpc) is 2.90. The normalized spacial score (nSPS) is 11.1. The Kier molecular flexibility index (Phi) is 4.03. The number of thiazole rings is 1. The number of ether oxygens (including phenoxy) is 1. The molecule has 0 fully saturated rings. The fraction of sp³-hybridized carbons (Fsp3) is 0.278. The predicted molar refractivity (Wildman–Crippen MR) is 94.6 cm³/mol. The molecular formula is C18H20N2OS. The second kappa shape index (κ2) is 5.97. The van der Waals surface area contributed by atoms with E-state index in [1.54, 1.807) is 11.3 Å². The number of para-hydroxylation sites is 1. The number of nitrogens with one attached hydrogen (secondary N) is 1. The summed E-state index contributed by atoms with van der Waals surface area (Å²) < 4.78 is 7.11. The molecule has 3 nitrogen and oxygen atoms in total. The van der Waals surface area contributed by atoms with Crippen LogP contribution in [0.3, 0.4) is 0 Å². The Balaban J connectivity index is 2.02. The van der Waals surface area contributed by atoms with Crippen LogP contribution in [0.2, 0.25) is 0 Å². The van der Waals surface area contributed by atoms with Gasteiger partial charge in [0.2, 0.25) is 0 Å². The van der Waals surface area contributed by atoms with Crippen molar-refractivity contribution < 1.29 is 4.74 Å². The zero-order valence-electron chi connectivity index (χ0n) is 13.3. The standard InChI is InChI=1S/C18H20N2OS/c1-11(2)21-15-10-12(3)16-17(13(15)4)22-18(20-16)19-14-8-6-5-7-9-14/h5-11H,1-4H3,(H,19,20). The lowest BCUT2D eigenvalue weighted by atomic mass is 10.1. The van der Waals surface area contributed by atoms with Crippen molar-refractivity contribution in [2.75, 3.05) is 5.32 Å². The third kappa shape index (κ3) is 2.92. The summed E-state index contributed by atoms with van der Waals surface area (Å²) in [7, 11) is 0. The van der Waals surface area contributed by atoms with Gasteiger partial charge in [-0.05, 0) is 51.5 Å². The van der Waals surface area contributed by atoms with Crippen molar-refractivity contribution in [3.8, 4) is 5.75 Å². The molecule has 0 aliphatic carbocycles. The first-order valence-corrected chi connectivity index (χ1v) is 8.25. The summed E-state index contributed by atoms with van der Waals surface area (Å²) in [5.41, 5.74) is 4.41. The SMILES string of the molecule is Cc1cc(OC(C)C)c(C)c2sc(Nc3ccccc3)nc12. The van der Waals surface area contributed by atoms with Gasteiger partial charge in [-0.25, -0.2) is 4.98 Å². The molecule has 1 N–H and O–H groups in total. The molecule has 1 heterocycles. The van der Waals surface area contributed by atoms with Crippen LogP contribution in [0.5, 0.6) is 5.75 Å². The quantitative estimate of drug-likeness (QED) is 0.696. The molecule has 0 atom stereocenters. The van der Waals surface area contributed by atoms with E-state index < -0.39 is 0 Å². The predicted octanol–water partition coefficient (Wildman–Crippen LogP) is 5.44. The zero-order valence-corrected chi connectivity index (χ0v) is 14.1. The van der Waals surface area contributed by atoms with E-state index in [9.17, 15) is 0 Å². The first kappa shape index (κ1) is 14.9. The smallest absolute Gasteiger partial charge is 0.188 e. The van der Waals surface area contributed by atoms with Crippen LogP contribution in [0.1, 0.15) is 25.0 Å². The first-order valence-electron chi connectivity index (χ1n) is 7.44. The molecule has 0 aliphatic rings. The minimum Gasteiger partial charge on any atom is -0.491 e. The lowest BCUT2D eigenvalue weighted by molar-refractivity contribution is 0.241. The summed E-state index contributed by atoms with van der Waals surface area (Å²) >= 11 is 1.67. The van der Waals surface area contributed by atoms with Crippen molar-refractivity contribution >= 4 is 32.4 Å². The highest BCUT2D eigenvalue weighted by atomic mass is 32.1. The minimum atomic E-state index is 0.172. The number of rotatable bonds is 4. The maximum absolute atomic E-state index is 5.92. The van der Waals surface area contributed by atoms with Gasteiger partial charge in [-0.1, -0.05) is 29.5 Å². The number of nitrogens with zero attached hydrogens (tertiary/aromatic N) is 1. The minimum absolute atomic E-state index is 0.172. The Morgan fingerprint density at radius 3 is 2.55 bits per heavy atom. The van der Waals surface area contributed by atoms with Crippen LogP contribution in [0.4, 0.5) is 10.8 Å². The van der Waals surface area contributed by atoms with Crippen molar-refractivity contribution in [1.82, 2.24) is 4.98 Å². The molecule has 0 bridgehead atoms. The Labute approximate surface area is 135 Å². The van der Waals surface area contributed by atoms with Crippen LogP contribution >= 0.6 is 11.3 Å². The molecule has 0 unspecified atom stereocenters. The van der Waals surface area contributed by atoms with Gasteiger partial charge in [0.05, 0.1) is 16.3 Å². The molecular weight excluding hydrogens is 292 g/mol. The number of benzene rings is 2. The molecule has 0 saturated carbocycles. The molecule has 0 radical (unpaired) electrons. The second-order valence-corrected chi connectivity index (χ2v) is 6.67. The molecule has 114 valence electrons. The van der Waals surface area contributed by atoms with Gasteiger partial charge >= 0.3 is 0 Å².